The van der Waals surface area contributed by atoms with E-state index in [0.717, 1.165) is 12.2 Å². The summed E-state index contributed by atoms with van der Waals surface area (Å²) in [5, 5.41) is 39.3. The first-order chi connectivity index (χ1) is 13.8. The standard InChI is InChI=1S/C19H24N2O4.HNO3/c1-13(9-14-3-6-16(25-2)7-4-14)20-11-19(24)15-5-8-18(23)17(10-15)21-12-22;2-1(3)4/h3-8,10,12-13,19-20,23-24H,9,11H2,1-2H3,(H,21,22);(H,2,3,4). The van der Waals surface area contributed by atoms with Crippen LogP contribution in [0.4, 0.5) is 5.69 Å². The van der Waals surface area contributed by atoms with Crippen molar-refractivity contribution in [1.82, 2.24) is 5.32 Å². The van der Waals surface area contributed by atoms with Crippen molar-refractivity contribution in [3.8, 4) is 11.5 Å². The van der Waals surface area contributed by atoms with Gasteiger partial charge in [-0.3, -0.25) is 4.79 Å². The molecule has 0 aliphatic heterocycles. The van der Waals surface area contributed by atoms with E-state index in [1.165, 1.54) is 11.6 Å². The SMILES string of the molecule is COc1ccc(CC(C)NCC(O)c2ccc(O)c(NC=O)c2)cc1.O=[N+]([O-])O. The molecule has 2 rings (SSSR count). The second-order valence-corrected chi connectivity index (χ2v) is 6.15. The average Bonchev–Trinajstić information content (AvgIpc) is 2.68. The van der Waals surface area contributed by atoms with Gasteiger partial charge in [0.2, 0.25) is 6.41 Å². The molecule has 0 heterocycles. The van der Waals surface area contributed by atoms with Gasteiger partial charge in [0.25, 0.3) is 5.09 Å². The number of phenols is 1. The molecule has 5 N–H and O–H groups in total. The molecular weight excluding hydrogens is 382 g/mol. The van der Waals surface area contributed by atoms with Crippen molar-refractivity contribution >= 4 is 12.1 Å². The lowest BCUT2D eigenvalue weighted by molar-refractivity contribution is -0.742. The molecule has 0 radical (unpaired) electrons. The number of phenolic OH excluding ortho intramolecular Hbond substituents is 1. The molecule has 2 aromatic rings. The van der Waals surface area contributed by atoms with Gasteiger partial charge in [-0.2, -0.15) is 0 Å². The van der Waals surface area contributed by atoms with Gasteiger partial charge in [0.1, 0.15) is 11.5 Å². The number of aliphatic hydroxyl groups is 1. The Morgan fingerprint density at radius 2 is 1.86 bits per heavy atom. The van der Waals surface area contributed by atoms with Crippen LogP contribution in [0.5, 0.6) is 11.5 Å². The molecule has 0 saturated heterocycles. The number of aromatic hydroxyl groups is 1. The summed E-state index contributed by atoms with van der Waals surface area (Å²) in [4.78, 5) is 18.9. The zero-order chi connectivity index (χ0) is 21.8. The van der Waals surface area contributed by atoms with E-state index in [0.29, 0.717) is 18.5 Å². The molecule has 0 aliphatic rings. The molecule has 10 nitrogen and oxygen atoms in total. The lowest BCUT2D eigenvalue weighted by atomic mass is 10.1. The molecule has 0 aromatic heterocycles. The first-order valence-corrected chi connectivity index (χ1v) is 8.67. The molecule has 0 aliphatic carbocycles. The Labute approximate surface area is 167 Å². The molecule has 29 heavy (non-hydrogen) atoms. The number of methoxy groups -OCH3 is 1. The lowest BCUT2D eigenvalue weighted by Gasteiger charge is -2.18. The summed E-state index contributed by atoms with van der Waals surface area (Å²) in [7, 11) is 1.64. The minimum absolute atomic E-state index is 0.0381. The zero-order valence-corrected chi connectivity index (χ0v) is 16.1. The summed E-state index contributed by atoms with van der Waals surface area (Å²) in [6.45, 7) is 2.41. The summed E-state index contributed by atoms with van der Waals surface area (Å²) in [5.41, 5.74) is 2.07. The fourth-order valence-electron chi connectivity index (χ4n) is 2.56. The topological polar surface area (TPSA) is 154 Å². The van der Waals surface area contributed by atoms with Crippen LogP contribution < -0.4 is 15.4 Å². The highest BCUT2D eigenvalue weighted by molar-refractivity contribution is 5.75. The average molecular weight is 407 g/mol. The molecule has 0 spiro atoms. The van der Waals surface area contributed by atoms with Gasteiger partial charge in [0.15, 0.2) is 0 Å². The van der Waals surface area contributed by atoms with Gasteiger partial charge in [-0.1, -0.05) is 18.2 Å². The maximum atomic E-state index is 10.5. The third kappa shape index (κ3) is 8.91. The van der Waals surface area contributed by atoms with Crippen molar-refractivity contribution in [3.63, 3.8) is 0 Å². The van der Waals surface area contributed by atoms with Crippen molar-refractivity contribution in [2.45, 2.75) is 25.5 Å². The number of carbonyl (C=O) groups excluding carboxylic acids is 1. The summed E-state index contributed by atoms with van der Waals surface area (Å²) >= 11 is 0. The Morgan fingerprint density at radius 3 is 2.41 bits per heavy atom. The quantitative estimate of drug-likeness (QED) is 0.183. The summed E-state index contributed by atoms with van der Waals surface area (Å²) < 4.78 is 5.14. The number of benzene rings is 2. The Morgan fingerprint density at radius 1 is 1.24 bits per heavy atom. The minimum atomic E-state index is -1.50. The van der Waals surface area contributed by atoms with Crippen LogP contribution in [0.1, 0.15) is 24.2 Å². The monoisotopic (exact) mass is 407 g/mol. The number of carbonyl (C=O) groups is 1. The smallest absolute Gasteiger partial charge is 0.291 e. The first-order valence-electron chi connectivity index (χ1n) is 8.67. The Hall–Kier alpha value is -3.37. The number of hydrogen-bond acceptors (Lipinski definition) is 7. The number of anilines is 1. The maximum absolute atomic E-state index is 10.5. The van der Waals surface area contributed by atoms with Gasteiger partial charge >= 0.3 is 0 Å². The molecule has 2 unspecified atom stereocenters. The number of hydrogen-bond donors (Lipinski definition) is 5. The number of rotatable bonds is 9. The van der Waals surface area contributed by atoms with Crippen molar-refractivity contribution in [3.05, 3.63) is 63.7 Å². The first kappa shape index (κ1) is 23.7. The highest BCUT2D eigenvalue weighted by atomic mass is 16.9. The molecule has 2 atom stereocenters. The van der Waals surface area contributed by atoms with E-state index >= 15 is 0 Å². The number of aliphatic hydroxyl groups excluding tert-OH is 1. The van der Waals surface area contributed by atoms with E-state index in [9.17, 15) is 15.0 Å². The fraction of sp³-hybridized carbons (Fsp3) is 0.316. The molecule has 0 fully saturated rings. The number of amides is 1. The predicted octanol–water partition coefficient (Wildman–Crippen LogP) is 1.88. The van der Waals surface area contributed by atoms with Gasteiger partial charge in [-0.05, 0) is 48.7 Å². The van der Waals surface area contributed by atoms with Gasteiger partial charge < -0.3 is 30.8 Å². The van der Waals surface area contributed by atoms with E-state index in [1.807, 2.05) is 31.2 Å². The minimum Gasteiger partial charge on any atom is -0.506 e. The van der Waals surface area contributed by atoms with Gasteiger partial charge in [-0.15, -0.1) is 10.1 Å². The van der Waals surface area contributed by atoms with Crippen molar-refractivity contribution in [2.75, 3.05) is 19.0 Å². The second kappa shape index (κ2) is 12.2. The van der Waals surface area contributed by atoms with Crippen LogP contribution in [0.15, 0.2) is 42.5 Å². The van der Waals surface area contributed by atoms with E-state index in [2.05, 4.69) is 10.6 Å². The molecule has 0 saturated carbocycles. The normalized spacial score (nSPS) is 12.1. The van der Waals surface area contributed by atoms with E-state index in [-0.39, 0.29) is 17.5 Å². The Bertz CT molecular complexity index is 780. The predicted molar refractivity (Wildman–Crippen MR) is 106 cm³/mol. The van der Waals surface area contributed by atoms with Gasteiger partial charge in [-0.25, -0.2) is 0 Å². The van der Waals surface area contributed by atoms with Crippen molar-refractivity contribution < 1.29 is 30.0 Å². The molecule has 10 heteroatoms. The van der Waals surface area contributed by atoms with Crippen LogP contribution in [0, 0.1) is 10.1 Å². The molecule has 0 bridgehead atoms. The van der Waals surface area contributed by atoms with E-state index in [1.54, 1.807) is 19.2 Å². The third-order valence-electron chi connectivity index (χ3n) is 3.98. The summed E-state index contributed by atoms with van der Waals surface area (Å²) in [6.07, 6.45) is 0.566. The van der Waals surface area contributed by atoms with Crippen LogP contribution in [0.3, 0.4) is 0 Å². The maximum Gasteiger partial charge on any atom is 0.291 e. The van der Waals surface area contributed by atoms with Crippen LogP contribution >= 0.6 is 0 Å². The number of nitrogens with one attached hydrogen (secondary N) is 2. The largest absolute Gasteiger partial charge is 0.506 e. The Kier molecular flexibility index (Phi) is 9.92. The van der Waals surface area contributed by atoms with Crippen molar-refractivity contribution in [1.29, 1.82) is 0 Å². The van der Waals surface area contributed by atoms with E-state index < -0.39 is 11.2 Å². The molecular formula is C19H25N3O7. The van der Waals surface area contributed by atoms with Crippen LogP contribution in [-0.2, 0) is 11.2 Å². The summed E-state index contributed by atoms with van der Waals surface area (Å²) in [6, 6.07) is 12.7. The van der Waals surface area contributed by atoms with Crippen LogP contribution in [0.25, 0.3) is 0 Å². The second-order valence-electron chi connectivity index (χ2n) is 6.15. The summed E-state index contributed by atoms with van der Waals surface area (Å²) in [5.74, 6) is 0.788. The molecule has 1 amide bonds. The fourth-order valence-corrected chi connectivity index (χ4v) is 2.56. The third-order valence-corrected chi connectivity index (χ3v) is 3.98. The number of nitrogens with zero attached hydrogens (tertiary/aromatic N) is 1. The van der Waals surface area contributed by atoms with Crippen LogP contribution in [-0.4, -0.2) is 46.6 Å². The van der Waals surface area contributed by atoms with Gasteiger partial charge in [0.05, 0.1) is 18.9 Å². The lowest BCUT2D eigenvalue weighted by Crippen LogP contribution is -2.32. The zero-order valence-electron chi connectivity index (χ0n) is 16.1. The van der Waals surface area contributed by atoms with E-state index in [4.69, 9.17) is 20.1 Å². The Balaban J connectivity index is 0.000000960. The highest BCUT2D eigenvalue weighted by Gasteiger charge is 2.12. The highest BCUT2D eigenvalue weighted by Crippen LogP contribution is 2.26. The number of ether oxygens (including phenoxy) is 1. The van der Waals surface area contributed by atoms with Gasteiger partial charge in [0, 0.05) is 12.6 Å². The van der Waals surface area contributed by atoms with Crippen molar-refractivity contribution in [2.24, 2.45) is 0 Å². The molecule has 2 aromatic carbocycles. The van der Waals surface area contributed by atoms with Crippen LogP contribution in [0.2, 0.25) is 0 Å². The molecule has 158 valence electrons.